The standard InChI is InChI=1S/C14H16O2/c1-9(2)8-14-11-6-4-5-7-13(11,14)10(3)16-12(14)15/h4-8,10-11H,1-3H3/t10-,11-,13-,14-/m0/s1. The van der Waals surface area contributed by atoms with E-state index in [9.17, 15) is 4.79 Å². The number of fused-ring (bicyclic) bond motifs is 1. The fourth-order valence-electron chi connectivity index (χ4n) is 3.63. The van der Waals surface area contributed by atoms with Crippen molar-refractivity contribution in [1.29, 1.82) is 0 Å². The third-order valence-corrected chi connectivity index (χ3v) is 4.24. The van der Waals surface area contributed by atoms with E-state index in [0.29, 0.717) is 5.92 Å². The molecule has 4 atom stereocenters. The molecule has 0 aromatic heterocycles. The molecule has 0 aromatic carbocycles. The van der Waals surface area contributed by atoms with Crippen molar-refractivity contribution in [3.63, 3.8) is 0 Å². The Hall–Kier alpha value is -1.31. The summed E-state index contributed by atoms with van der Waals surface area (Å²) in [5.74, 6) is 0.249. The lowest BCUT2D eigenvalue weighted by molar-refractivity contribution is -0.147. The summed E-state index contributed by atoms with van der Waals surface area (Å²) in [6, 6.07) is 0. The van der Waals surface area contributed by atoms with E-state index in [2.05, 4.69) is 18.2 Å². The van der Waals surface area contributed by atoms with Gasteiger partial charge in [-0.25, -0.2) is 0 Å². The van der Waals surface area contributed by atoms with E-state index in [1.165, 1.54) is 5.57 Å². The molecule has 0 unspecified atom stereocenters. The summed E-state index contributed by atoms with van der Waals surface area (Å²) in [7, 11) is 0. The molecule has 3 aliphatic rings. The Labute approximate surface area is 95.7 Å². The van der Waals surface area contributed by atoms with Crippen molar-refractivity contribution < 1.29 is 9.53 Å². The Morgan fingerprint density at radius 2 is 2.19 bits per heavy atom. The molecule has 2 fully saturated rings. The van der Waals surface area contributed by atoms with Crippen molar-refractivity contribution in [1.82, 2.24) is 0 Å². The third-order valence-electron chi connectivity index (χ3n) is 4.24. The Morgan fingerprint density at radius 3 is 2.81 bits per heavy atom. The second-order valence-electron chi connectivity index (χ2n) is 5.29. The molecular weight excluding hydrogens is 200 g/mol. The smallest absolute Gasteiger partial charge is 0.317 e. The maximum atomic E-state index is 12.1. The summed E-state index contributed by atoms with van der Waals surface area (Å²) in [6.45, 7) is 6.08. The molecule has 84 valence electrons. The quantitative estimate of drug-likeness (QED) is 0.497. The summed E-state index contributed by atoms with van der Waals surface area (Å²) in [5.41, 5.74) is 0.673. The van der Waals surface area contributed by atoms with Crippen LogP contribution in [-0.4, -0.2) is 12.1 Å². The van der Waals surface area contributed by atoms with Gasteiger partial charge in [0.1, 0.15) is 11.5 Å². The maximum Gasteiger partial charge on any atom is 0.317 e. The number of cyclic esters (lactones) is 1. The van der Waals surface area contributed by atoms with Gasteiger partial charge in [0, 0.05) is 5.92 Å². The van der Waals surface area contributed by atoms with Gasteiger partial charge in [0.25, 0.3) is 0 Å². The molecule has 0 radical (unpaired) electrons. The third kappa shape index (κ3) is 0.796. The monoisotopic (exact) mass is 216 g/mol. The van der Waals surface area contributed by atoms with Crippen molar-refractivity contribution in [3.05, 3.63) is 36.0 Å². The fraction of sp³-hybridized carbons (Fsp3) is 0.500. The van der Waals surface area contributed by atoms with E-state index >= 15 is 0 Å². The van der Waals surface area contributed by atoms with E-state index in [1.807, 2.05) is 32.9 Å². The molecule has 1 spiro atoms. The second-order valence-corrected chi connectivity index (χ2v) is 5.29. The highest BCUT2D eigenvalue weighted by atomic mass is 16.6. The van der Waals surface area contributed by atoms with Gasteiger partial charge in [-0.1, -0.05) is 36.0 Å². The summed E-state index contributed by atoms with van der Waals surface area (Å²) in [6.07, 6.45) is 10.5. The number of allylic oxidation sites excluding steroid dienone is 4. The molecule has 1 saturated heterocycles. The fourth-order valence-corrected chi connectivity index (χ4v) is 3.63. The van der Waals surface area contributed by atoms with E-state index < -0.39 is 5.41 Å². The summed E-state index contributed by atoms with van der Waals surface area (Å²) in [4.78, 5) is 12.1. The van der Waals surface area contributed by atoms with Crippen molar-refractivity contribution in [2.45, 2.75) is 26.9 Å². The van der Waals surface area contributed by atoms with Gasteiger partial charge in [-0.3, -0.25) is 4.79 Å². The first kappa shape index (κ1) is 9.88. The predicted octanol–water partition coefficient (Wildman–Crippen LogP) is 2.63. The van der Waals surface area contributed by atoms with Crippen LogP contribution in [0.3, 0.4) is 0 Å². The van der Waals surface area contributed by atoms with Crippen LogP contribution in [-0.2, 0) is 9.53 Å². The minimum Gasteiger partial charge on any atom is -0.461 e. The highest BCUT2D eigenvalue weighted by Crippen LogP contribution is 2.78. The first-order chi connectivity index (χ1) is 7.55. The average molecular weight is 216 g/mol. The number of carbonyl (C=O) groups is 1. The molecule has 0 N–H and O–H groups in total. The number of ether oxygens (including phenoxy) is 1. The number of esters is 1. The molecule has 0 bridgehead atoms. The Morgan fingerprint density at radius 1 is 1.44 bits per heavy atom. The lowest BCUT2D eigenvalue weighted by Crippen LogP contribution is -2.20. The zero-order valence-corrected chi connectivity index (χ0v) is 9.86. The summed E-state index contributed by atoms with van der Waals surface area (Å²) < 4.78 is 5.42. The van der Waals surface area contributed by atoms with Crippen LogP contribution in [0, 0.1) is 16.7 Å². The first-order valence-electron chi connectivity index (χ1n) is 5.79. The minimum absolute atomic E-state index is 0.0122. The van der Waals surface area contributed by atoms with Crippen LogP contribution in [0.1, 0.15) is 20.8 Å². The zero-order chi connectivity index (χ0) is 11.6. The highest BCUT2D eigenvalue weighted by molar-refractivity contribution is 5.91. The Bertz CT molecular complexity index is 453. The largest absolute Gasteiger partial charge is 0.461 e. The van der Waals surface area contributed by atoms with Crippen LogP contribution in [0.25, 0.3) is 0 Å². The lowest BCUT2D eigenvalue weighted by Gasteiger charge is -2.17. The number of hydrogen-bond acceptors (Lipinski definition) is 2. The normalized spacial score (nSPS) is 47.1. The topological polar surface area (TPSA) is 26.3 Å². The van der Waals surface area contributed by atoms with Crippen LogP contribution < -0.4 is 0 Å². The first-order valence-corrected chi connectivity index (χ1v) is 5.79. The predicted molar refractivity (Wildman–Crippen MR) is 61.6 cm³/mol. The number of hydrogen-bond donors (Lipinski definition) is 0. The Kier molecular flexibility index (Phi) is 1.65. The van der Waals surface area contributed by atoms with E-state index in [-0.39, 0.29) is 17.5 Å². The van der Waals surface area contributed by atoms with Gasteiger partial charge >= 0.3 is 5.97 Å². The van der Waals surface area contributed by atoms with Crippen LogP contribution in [0.5, 0.6) is 0 Å². The van der Waals surface area contributed by atoms with E-state index in [1.54, 1.807) is 0 Å². The number of rotatable bonds is 1. The van der Waals surface area contributed by atoms with Gasteiger partial charge in [-0.15, -0.1) is 0 Å². The van der Waals surface area contributed by atoms with Gasteiger partial charge in [0.05, 0.1) is 5.41 Å². The van der Waals surface area contributed by atoms with Gasteiger partial charge in [-0.2, -0.15) is 0 Å². The average Bonchev–Trinajstić information content (AvgIpc) is 2.76. The highest BCUT2D eigenvalue weighted by Gasteiger charge is 2.84. The summed E-state index contributed by atoms with van der Waals surface area (Å²) >= 11 is 0. The lowest BCUT2D eigenvalue weighted by atomic mass is 9.88. The molecule has 16 heavy (non-hydrogen) atoms. The van der Waals surface area contributed by atoms with Gasteiger partial charge in [0.2, 0.25) is 0 Å². The minimum atomic E-state index is -0.408. The molecule has 0 aromatic rings. The molecule has 1 heterocycles. The van der Waals surface area contributed by atoms with E-state index in [0.717, 1.165) is 0 Å². The van der Waals surface area contributed by atoms with Crippen molar-refractivity contribution in [2.75, 3.05) is 0 Å². The molecular formula is C14H16O2. The summed E-state index contributed by atoms with van der Waals surface area (Å²) in [5, 5.41) is 0. The second kappa shape index (κ2) is 2.68. The van der Waals surface area contributed by atoms with E-state index in [4.69, 9.17) is 4.74 Å². The molecule has 1 saturated carbocycles. The van der Waals surface area contributed by atoms with Crippen LogP contribution in [0.4, 0.5) is 0 Å². The van der Waals surface area contributed by atoms with Gasteiger partial charge in [0.15, 0.2) is 0 Å². The van der Waals surface area contributed by atoms with Crippen LogP contribution in [0.2, 0.25) is 0 Å². The molecule has 0 amide bonds. The van der Waals surface area contributed by atoms with Crippen molar-refractivity contribution in [2.24, 2.45) is 16.7 Å². The van der Waals surface area contributed by atoms with Crippen LogP contribution in [0.15, 0.2) is 36.0 Å². The van der Waals surface area contributed by atoms with Crippen molar-refractivity contribution in [3.8, 4) is 0 Å². The van der Waals surface area contributed by atoms with Crippen LogP contribution >= 0.6 is 0 Å². The molecule has 2 heteroatoms. The number of carbonyl (C=O) groups excluding carboxylic acids is 1. The SMILES string of the molecule is CC(C)=C[C@]12C(=O)O[C@@H](C)[C@]13C=CC=C[C@@H]32. The molecule has 2 nitrogen and oxygen atoms in total. The van der Waals surface area contributed by atoms with Gasteiger partial charge < -0.3 is 4.74 Å². The van der Waals surface area contributed by atoms with Crippen molar-refractivity contribution >= 4 is 5.97 Å². The Balaban J connectivity index is 2.17. The molecule has 3 rings (SSSR count). The molecule has 1 aliphatic heterocycles. The maximum absolute atomic E-state index is 12.1. The zero-order valence-electron chi connectivity index (χ0n) is 9.86. The van der Waals surface area contributed by atoms with Gasteiger partial charge in [-0.05, 0) is 20.8 Å². The molecule has 2 aliphatic carbocycles.